The van der Waals surface area contributed by atoms with Gasteiger partial charge in [0.1, 0.15) is 12.4 Å². The Morgan fingerprint density at radius 1 is 1.21 bits per heavy atom. The maximum Gasteiger partial charge on any atom is 0.261 e. The average molecular weight is 386 g/mol. The van der Waals surface area contributed by atoms with Crippen molar-refractivity contribution in [3.8, 4) is 0 Å². The maximum absolute atomic E-state index is 12.6. The molecule has 3 rings (SSSR count). The molecule has 0 saturated carbocycles. The highest BCUT2D eigenvalue weighted by molar-refractivity contribution is 9.10. The monoisotopic (exact) mass is 385 g/mol. The summed E-state index contributed by atoms with van der Waals surface area (Å²) in [7, 11) is 0. The van der Waals surface area contributed by atoms with E-state index in [0.29, 0.717) is 16.7 Å². The minimum Gasteiger partial charge on any atom is -0.324 e. The largest absolute Gasteiger partial charge is 0.324 e. The van der Waals surface area contributed by atoms with E-state index >= 15 is 0 Å². The normalized spacial score (nSPS) is 10.8. The Bertz CT molecular complexity index is 995. The lowest BCUT2D eigenvalue weighted by atomic mass is 10.2. The van der Waals surface area contributed by atoms with Crippen LogP contribution in [-0.4, -0.2) is 15.5 Å². The zero-order valence-electron chi connectivity index (χ0n) is 13.3. The van der Waals surface area contributed by atoms with Crippen LogP contribution in [0, 0.1) is 13.8 Å². The van der Waals surface area contributed by atoms with E-state index in [-0.39, 0.29) is 18.0 Å². The highest BCUT2D eigenvalue weighted by atomic mass is 79.9. The Kier molecular flexibility index (Phi) is 4.49. The number of carbonyl (C=O) groups is 1. The van der Waals surface area contributed by atoms with Gasteiger partial charge in [0.05, 0.1) is 10.9 Å². The molecule has 0 aliphatic rings. The zero-order valence-corrected chi connectivity index (χ0v) is 14.9. The summed E-state index contributed by atoms with van der Waals surface area (Å²) in [6.45, 7) is 3.57. The number of nitrogens with zero attached hydrogens (tertiary/aromatic N) is 2. The summed E-state index contributed by atoms with van der Waals surface area (Å²) in [5, 5.41) is 3.35. The number of carbonyl (C=O) groups excluding carboxylic acids is 1. The molecule has 0 radical (unpaired) electrons. The number of hydrogen-bond donors (Lipinski definition) is 1. The molecule has 1 heterocycles. The van der Waals surface area contributed by atoms with Gasteiger partial charge in [0.15, 0.2) is 0 Å². The van der Waals surface area contributed by atoms with Gasteiger partial charge in [0.2, 0.25) is 5.91 Å². The first-order chi connectivity index (χ1) is 11.5. The number of para-hydroxylation sites is 1. The first-order valence-corrected chi connectivity index (χ1v) is 8.27. The molecule has 0 unspecified atom stereocenters. The second-order valence-corrected chi connectivity index (χ2v) is 6.49. The number of aryl methyl sites for hydroxylation is 2. The number of rotatable bonds is 3. The van der Waals surface area contributed by atoms with Gasteiger partial charge >= 0.3 is 0 Å². The molecular formula is C18H16BrN3O2. The van der Waals surface area contributed by atoms with Crippen molar-refractivity contribution in [3.63, 3.8) is 0 Å². The molecule has 0 aliphatic carbocycles. The Hall–Kier alpha value is -2.47. The average Bonchev–Trinajstić information content (AvgIpc) is 2.54. The van der Waals surface area contributed by atoms with Crippen molar-refractivity contribution in [3.05, 3.63) is 68.7 Å². The number of nitrogens with one attached hydrogen (secondary N) is 1. The van der Waals surface area contributed by atoms with Gasteiger partial charge in [0.25, 0.3) is 5.56 Å². The van der Waals surface area contributed by atoms with E-state index in [4.69, 9.17) is 0 Å². The highest BCUT2D eigenvalue weighted by Gasteiger charge is 2.12. The first kappa shape index (κ1) is 16.4. The van der Waals surface area contributed by atoms with Crippen molar-refractivity contribution in [2.24, 2.45) is 0 Å². The molecule has 0 bridgehead atoms. The molecule has 2 aromatic carbocycles. The van der Waals surface area contributed by atoms with Crippen molar-refractivity contribution < 1.29 is 4.79 Å². The van der Waals surface area contributed by atoms with Gasteiger partial charge in [-0.15, -0.1) is 0 Å². The van der Waals surface area contributed by atoms with Gasteiger partial charge in [-0.3, -0.25) is 14.2 Å². The minimum absolute atomic E-state index is 0.0714. The van der Waals surface area contributed by atoms with E-state index in [9.17, 15) is 9.59 Å². The fourth-order valence-corrected chi connectivity index (χ4v) is 3.04. The molecule has 0 atom stereocenters. The standard InChI is InChI=1S/C18H16BrN3O2/c1-11-9-13(19)7-8-15(11)21-17(23)10-22-12(2)20-16-6-4-3-5-14(16)18(22)24/h3-9H,10H2,1-2H3,(H,21,23). The predicted octanol–water partition coefficient (Wildman–Crippen LogP) is 3.41. The van der Waals surface area contributed by atoms with Crippen LogP contribution in [0.4, 0.5) is 5.69 Å². The molecule has 24 heavy (non-hydrogen) atoms. The molecule has 0 spiro atoms. The van der Waals surface area contributed by atoms with E-state index in [0.717, 1.165) is 15.7 Å². The summed E-state index contributed by atoms with van der Waals surface area (Å²) in [4.78, 5) is 29.3. The van der Waals surface area contributed by atoms with Crippen LogP contribution in [0.15, 0.2) is 51.7 Å². The third-order valence-corrected chi connectivity index (χ3v) is 4.31. The lowest BCUT2D eigenvalue weighted by molar-refractivity contribution is -0.116. The van der Waals surface area contributed by atoms with Crippen molar-refractivity contribution in [1.82, 2.24) is 9.55 Å². The topological polar surface area (TPSA) is 64.0 Å². The maximum atomic E-state index is 12.6. The molecule has 0 aliphatic heterocycles. The molecule has 1 aromatic heterocycles. The second-order valence-electron chi connectivity index (χ2n) is 5.57. The third kappa shape index (κ3) is 3.23. The van der Waals surface area contributed by atoms with E-state index in [1.54, 1.807) is 25.1 Å². The van der Waals surface area contributed by atoms with Crippen LogP contribution in [0.1, 0.15) is 11.4 Å². The van der Waals surface area contributed by atoms with Crippen LogP contribution in [0.25, 0.3) is 10.9 Å². The Balaban J connectivity index is 1.89. The van der Waals surface area contributed by atoms with Gasteiger partial charge in [-0.05, 0) is 49.7 Å². The number of fused-ring (bicyclic) bond motifs is 1. The van der Waals surface area contributed by atoms with E-state index < -0.39 is 0 Å². The summed E-state index contributed by atoms with van der Waals surface area (Å²) < 4.78 is 2.34. The summed E-state index contributed by atoms with van der Waals surface area (Å²) >= 11 is 3.39. The lowest BCUT2D eigenvalue weighted by Gasteiger charge is -2.12. The Morgan fingerprint density at radius 2 is 1.96 bits per heavy atom. The van der Waals surface area contributed by atoms with Gasteiger partial charge in [-0.2, -0.15) is 0 Å². The zero-order chi connectivity index (χ0) is 17.3. The Labute approximate surface area is 147 Å². The van der Waals surface area contributed by atoms with Gasteiger partial charge in [0, 0.05) is 10.2 Å². The van der Waals surface area contributed by atoms with Crippen molar-refractivity contribution in [2.45, 2.75) is 20.4 Å². The lowest BCUT2D eigenvalue weighted by Crippen LogP contribution is -2.30. The van der Waals surface area contributed by atoms with Crippen LogP contribution < -0.4 is 10.9 Å². The number of benzene rings is 2. The SMILES string of the molecule is Cc1cc(Br)ccc1NC(=O)Cn1c(C)nc2ccccc2c1=O. The van der Waals surface area contributed by atoms with Gasteiger partial charge < -0.3 is 5.32 Å². The number of amides is 1. The third-order valence-electron chi connectivity index (χ3n) is 3.82. The summed E-state index contributed by atoms with van der Waals surface area (Å²) in [5.41, 5.74) is 2.10. The van der Waals surface area contributed by atoms with E-state index in [2.05, 4.69) is 26.2 Å². The van der Waals surface area contributed by atoms with Crippen LogP contribution in [0.2, 0.25) is 0 Å². The van der Waals surface area contributed by atoms with Crippen molar-refractivity contribution in [2.75, 3.05) is 5.32 Å². The van der Waals surface area contributed by atoms with Gasteiger partial charge in [-0.25, -0.2) is 4.98 Å². The number of anilines is 1. The van der Waals surface area contributed by atoms with Crippen LogP contribution in [0.3, 0.4) is 0 Å². The molecule has 5 nitrogen and oxygen atoms in total. The summed E-state index contributed by atoms with van der Waals surface area (Å²) in [6, 6.07) is 12.7. The molecule has 0 saturated heterocycles. The summed E-state index contributed by atoms with van der Waals surface area (Å²) in [6.07, 6.45) is 0. The van der Waals surface area contributed by atoms with Gasteiger partial charge in [-0.1, -0.05) is 28.1 Å². The molecule has 122 valence electrons. The molecule has 1 amide bonds. The highest BCUT2D eigenvalue weighted by Crippen LogP contribution is 2.20. The first-order valence-electron chi connectivity index (χ1n) is 7.48. The molecule has 0 fully saturated rings. The van der Waals surface area contributed by atoms with Crippen LogP contribution in [0.5, 0.6) is 0 Å². The molecular weight excluding hydrogens is 370 g/mol. The smallest absolute Gasteiger partial charge is 0.261 e. The number of halogens is 1. The predicted molar refractivity (Wildman–Crippen MR) is 98.2 cm³/mol. The molecule has 3 aromatic rings. The minimum atomic E-state index is -0.261. The number of aromatic nitrogens is 2. The Morgan fingerprint density at radius 3 is 2.71 bits per heavy atom. The van der Waals surface area contributed by atoms with Crippen molar-refractivity contribution in [1.29, 1.82) is 0 Å². The summed E-state index contributed by atoms with van der Waals surface area (Å²) in [5.74, 6) is 0.254. The fourth-order valence-electron chi connectivity index (χ4n) is 2.57. The van der Waals surface area contributed by atoms with Crippen molar-refractivity contribution >= 4 is 38.4 Å². The number of hydrogen-bond acceptors (Lipinski definition) is 3. The van der Waals surface area contributed by atoms with E-state index in [1.165, 1.54) is 4.57 Å². The van der Waals surface area contributed by atoms with Crippen LogP contribution >= 0.6 is 15.9 Å². The van der Waals surface area contributed by atoms with E-state index in [1.807, 2.05) is 31.2 Å². The fraction of sp³-hybridized carbons (Fsp3) is 0.167. The van der Waals surface area contributed by atoms with Crippen LogP contribution in [-0.2, 0) is 11.3 Å². The quantitative estimate of drug-likeness (QED) is 0.751. The second kappa shape index (κ2) is 6.57. The molecule has 6 heteroatoms. The molecule has 1 N–H and O–H groups in total.